The monoisotopic (exact) mass is 383 g/mol. The zero-order valence-electron chi connectivity index (χ0n) is 16.1. The number of likely N-dealkylation sites (N-methyl/N-ethyl adjacent to an activating group) is 1. The van der Waals surface area contributed by atoms with Gasteiger partial charge in [0.2, 0.25) is 0 Å². The molecule has 2 N–H and O–H groups in total. The minimum atomic E-state index is -0.824. The van der Waals surface area contributed by atoms with Crippen LogP contribution in [-0.2, 0) is 4.79 Å². The number of aromatic nitrogens is 1. The number of carboxylic acids is 1. The number of amides is 1. The van der Waals surface area contributed by atoms with E-state index in [9.17, 15) is 9.59 Å². The van der Waals surface area contributed by atoms with Gasteiger partial charge in [0.15, 0.2) is 0 Å². The number of benzene rings is 1. The summed E-state index contributed by atoms with van der Waals surface area (Å²) in [6.07, 6.45) is 3.22. The first-order valence-electron chi connectivity index (χ1n) is 9.38. The number of hydrogen-bond acceptors (Lipinski definition) is 5. The Hall–Kier alpha value is -2.93. The molecule has 0 radical (unpaired) electrons. The van der Waals surface area contributed by atoms with Gasteiger partial charge in [0, 0.05) is 29.4 Å². The Bertz CT molecular complexity index is 835. The average molecular weight is 383 g/mol. The molecule has 28 heavy (non-hydrogen) atoms. The molecule has 7 heteroatoms. The van der Waals surface area contributed by atoms with Gasteiger partial charge in [-0.2, -0.15) is 0 Å². The van der Waals surface area contributed by atoms with Gasteiger partial charge in [0.05, 0.1) is 19.3 Å². The molecule has 1 aromatic heterocycles. The van der Waals surface area contributed by atoms with Crippen molar-refractivity contribution in [3.05, 3.63) is 48.2 Å². The summed E-state index contributed by atoms with van der Waals surface area (Å²) in [6.45, 7) is 2.67. The quantitative estimate of drug-likeness (QED) is 0.727. The highest BCUT2D eigenvalue weighted by atomic mass is 16.5. The lowest BCUT2D eigenvalue weighted by atomic mass is 9.85. The summed E-state index contributed by atoms with van der Waals surface area (Å²) >= 11 is 0. The summed E-state index contributed by atoms with van der Waals surface area (Å²) in [4.78, 5) is 29.9. The van der Waals surface area contributed by atoms with Crippen molar-refractivity contribution in [1.29, 1.82) is 0 Å². The number of carbonyl (C=O) groups is 2. The molecule has 1 aliphatic rings. The van der Waals surface area contributed by atoms with Gasteiger partial charge in [-0.05, 0) is 49.7 Å². The lowest BCUT2D eigenvalue weighted by Gasteiger charge is -2.42. The van der Waals surface area contributed by atoms with Crippen LogP contribution in [0.4, 0.5) is 0 Å². The first kappa shape index (κ1) is 19.8. The maximum Gasteiger partial charge on any atom is 0.317 e. The first-order valence-corrected chi connectivity index (χ1v) is 9.38. The fourth-order valence-corrected chi connectivity index (χ4v) is 3.52. The molecule has 0 saturated heterocycles. The van der Waals surface area contributed by atoms with Crippen LogP contribution in [0.25, 0.3) is 11.3 Å². The summed E-state index contributed by atoms with van der Waals surface area (Å²) < 4.78 is 5.41. The van der Waals surface area contributed by atoms with Crippen LogP contribution in [0.1, 0.15) is 30.1 Å². The second kappa shape index (κ2) is 8.84. The van der Waals surface area contributed by atoms with E-state index in [1.807, 2.05) is 30.0 Å². The van der Waals surface area contributed by atoms with Gasteiger partial charge in [-0.15, -0.1) is 0 Å². The van der Waals surface area contributed by atoms with Gasteiger partial charge in [0.25, 0.3) is 5.91 Å². The summed E-state index contributed by atoms with van der Waals surface area (Å²) in [5.74, 6) is -0.314. The number of carboxylic acid groups (broad SMARTS) is 1. The molecular formula is C21H25N3O4. The topological polar surface area (TPSA) is 91.8 Å². The first-order chi connectivity index (χ1) is 13.5. The van der Waals surface area contributed by atoms with Gasteiger partial charge in [-0.3, -0.25) is 19.5 Å². The highest BCUT2D eigenvalue weighted by Gasteiger charge is 2.34. The summed E-state index contributed by atoms with van der Waals surface area (Å²) in [5, 5.41) is 12.0. The molecule has 1 aliphatic carbocycles. The number of nitrogens with zero attached hydrogens (tertiary/aromatic N) is 2. The number of rotatable bonds is 8. The van der Waals surface area contributed by atoms with Crippen molar-refractivity contribution in [3.63, 3.8) is 0 Å². The van der Waals surface area contributed by atoms with Gasteiger partial charge >= 0.3 is 5.97 Å². The summed E-state index contributed by atoms with van der Waals surface area (Å²) in [6, 6.07) is 11.1. The van der Waals surface area contributed by atoms with Crippen LogP contribution in [0.5, 0.6) is 5.75 Å². The largest absolute Gasteiger partial charge is 0.496 e. The molecule has 2 aromatic rings. The molecule has 1 fully saturated rings. The Kier molecular flexibility index (Phi) is 6.26. The summed E-state index contributed by atoms with van der Waals surface area (Å²) in [5.41, 5.74) is 2.05. The fourth-order valence-electron chi connectivity index (χ4n) is 3.52. The van der Waals surface area contributed by atoms with Crippen LogP contribution >= 0.6 is 0 Å². The van der Waals surface area contributed by atoms with Crippen molar-refractivity contribution in [2.45, 2.75) is 31.8 Å². The Morgan fingerprint density at radius 2 is 2.07 bits per heavy atom. The molecule has 1 amide bonds. The number of ether oxygens (including phenoxy) is 1. The SMILES string of the molecule is CCN(CC(=O)O)C1CC(NC(=O)c2ccc(OC)c(-c3ccccn3)c2)C1. The maximum absolute atomic E-state index is 12.7. The number of aliphatic carboxylic acids is 1. The highest BCUT2D eigenvalue weighted by Crippen LogP contribution is 2.30. The van der Waals surface area contributed by atoms with Crippen LogP contribution in [0.2, 0.25) is 0 Å². The van der Waals surface area contributed by atoms with Crippen LogP contribution in [-0.4, -0.2) is 59.1 Å². The standard InChI is InChI=1S/C21H25N3O4/c1-3-24(13-20(25)26)16-11-15(12-16)23-21(27)14-7-8-19(28-2)17(10-14)18-6-4-5-9-22-18/h4-10,15-16H,3,11-13H2,1-2H3,(H,23,27)(H,25,26). The molecule has 0 atom stereocenters. The van der Waals surface area contributed by atoms with Crippen LogP contribution < -0.4 is 10.1 Å². The number of methoxy groups -OCH3 is 1. The van der Waals surface area contributed by atoms with E-state index in [0.29, 0.717) is 17.9 Å². The van der Waals surface area contributed by atoms with Crippen molar-refractivity contribution >= 4 is 11.9 Å². The molecule has 0 spiro atoms. The third kappa shape index (κ3) is 4.48. The number of pyridine rings is 1. The highest BCUT2D eigenvalue weighted by molar-refractivity contribution is 5.96. The molecule has 0 bridgehead atoms. The number of hydrogen-bond donors (Lipinski definition) is 2. The van der Waals surface area contributed by atoms with Gasteiger partial charge in [0.1, 0.15) is 5.75 Å². The van der Waals surface area contributed by atoms with E-state index in [-0.39, 0.29) is 24.5 Å². The third-order valence-corrected chi connectivity index (χ3v) is 5.11. The van der Waals surface area contributed by atoms with Crippen LogP contribution in [0.15, 0.2) is 42.6 Å². The van der Waals surface area contributed by atoms with Crippen molar-refractivity contribution < 1.29 is 19.4 Å². The van der Waals surface area contributed by atoms with Gasteiger partial charge < -0.3 is 15.2 Å². The zero-order chi connectivity index (χ0) is 20.1. The van der Waals surface area contributed by atoms with Gasteiger partial charge in [-0.25, -0.2) is 0 Å². The summed E-state index contributed by atoms with van der Waals surface area (Å²) in [7, 11) is 1.59. The molecule has 148 valence electrons. The smallest absolute Gasteiger partial charge is 0.317 e. The van der Waals surface area contributed by atoms with Crippen molar-refractivity contribution in [2.24, 2.45) is 0 Å². The number of nitrogens with one attached hydrogen (secondary N) is 1. The maximum atomic E-state index is 12.7. The Morgan fingerprint density at radius 1 is 1.29 bits per heavy atom. The number of carbonyl (C=O) groups excluding carboxylic acids is 1. The normalized spacial score (nSPS) is 18.4. The third-order valence-electron chi connectivity index (χ3n) is 5.11. The fraction of sp³-hybridized carbons (Fsp3) is 0.381. The minimum absolute atomic E-state index is 0.0355. The average Bonchev–Trinajstić information content (AvgIpc) is 2.68. The molecule has 1 aromatic carbocycles. The molecule has 7 nitrogen and oxygen atoms in total. The van der Waals surface area contributed by atoms with E-state index in [0.717, 1.165) is 24.1 Å². The Balaban J connectivity index is 1.65. The molecule has 1 heterocycles. The second-order valence-corrected chi connectivity index (χ2v) is 6.88. The van der Waals surface area contributed by atoms with Crippen molar-refractivity contribution in [1.82, 2.24) is 15.2 Å². The predicted octanol–water partition coefficient (Wildman–Crippen LogP) is 2.42. The molecule has 0 unspecified atom stereocenters. The van der Waals surface area contributed by atoms with E-state index in [4.69, 9.17) is 9.84 Å². The second-order valence-electron chi connectivity index (χ2n) is 6.88. The zero-order valence-corrected chi connectivity index (χ0v) is 16.1. The van der Waals surface area contributed by atoms with E-state index in [1.54, 1.807) is 31.5 Å². The Labute approximate surface area is 164 Å². The predicted molar refractivity (Wildman–Crippen MR) is 105 cm³/mol. The van der Waals surface area contributed by atoms with Crippen LogP contribution in [0, 0.1) is 0 Å². The van der Waals surface area contributed by atoms with Crippen LogP contribution in [0.3, 0.4) is 0 Å². The Morgan fingerprint density at radius 3 is 2.68 bits per heavy atom. The van der Waals surface area contributed by atoms with E-state index >= 15 is 0 Å². The van der Waals surface area contributed by atoms with Gasteiger partial charge in [-0.1, -0.05) is 13.0 Å². The lowest BCUT2D eigenvalue weighted by molar-refractivity contribution is -0.139. The van der Waals surface area contributed by atoms with Crippen molar-refractivity contribution in [2.75, 3.05) is 20.2 Å². The minimum Gasteiger partial charge on any atom is -0.496 e. The molecule has 3 rings (SSSR count). The van der Waals surface area contributed by atoms with E-state index in [2.05, 4.69) is 10.3 Å². The van der Waals surface area contributed by atoms with Crippen molar-refractivity contribution in [3.8, 4) is 17.0 Å². The van der Waals surface area contributed by atoms with E-state index < -0.39 is 5.97 Å². The lowest BCUT2D eigenvalue weighted by Crippen LogP contribution is -2.54. The molecule has 0 aliphatic heterocycles. The molecule has 1 saturated carbocycles. The van der Waals surface area contributed by atoms with E-state index in [1.165, 1.54) is 0 Å². The molecular weight excluding hydrogens is 358 g/mol.